The first-order valence-corrected chi connectivity index (χ1v) is 8.35. The number of hydrogen-bond donors (Lipinski definition) is 2. The van der Waals surface area contributed by atoms with Crippen LogP contribution in [-0.4, -0.2) is 41.1 Å². The Morgan fingerprint density at radius 2 is 2.23 bits per heavy atom. The molecule has 0 saturated carbocycles. The number of benzene rings is 1. The molecule has 0 radical (unpaired) electrons. The normalized spacial score (nSPS) is 21.3. The van der Waals surface area contributed by atoms with Crippen molar-refractivity contribution in [3.8, 4) is 0 Å². The molecule has 1 aromatic carbocycles. The van der Waals surface area contributed by atoms with Crippen molar-refractivity contribution >= 4 is 11.6 Å². The lowest BCUT2D eigenvalue weighted by Gasteiger charge is -2.30. The first kappa shape index (κ1) is 16.8. The fraction of sp³-hybridized carbons (Fsp3) is 0.611. The van der Waals surface area contributed by atoms with E-state index >= 15 is 0 Å². The lowest BCUT2D eigenvalue weighted by molar-refractivity contribution is 0.0474. The van der Waals surface area contributed by atoms with E-state index in [0.717, 1.165) is 31.5 Å². The minimum absolute atomic E-state index is 0.0126. The van der Waals surface area contributed by atoms with Gasteiger partial charge < -0.3 is 15.3 Å². The summed E-state index contributed by atoms with van der Waals surface area (Å²) in [6, 6.07) is 8.05. The third kappa shape index (κ3) is 4.23. The molecule has 4 heteroatoms. The third-order valence-electron chi connectivity index (χ3n) is 4.69. The monoisotopic (exact) mass is 304 g/mol. The highest BCUT2D eigenvalue weighted by Crippen LogP contribution is 2.19. The number of hydrogen-bond acceptors (Lipinski definition) is 3. The zero-order valence-electron chi connectivity index (χ0n) is 13.9. The zero-order valence-corrected chi connectivity index (χ0v) is 13.9. The number of amides is 1. The minimum atomic E-state index is -0.385. The second-order valence-corrected chi connectivity index (χ2v) is 6.45. The second-order valence-electron chi connectivity index (χ2n) is 6.45. The van der Waals surface area contributed by atoms with Crippen LogP contribution in [0.1, 0.15) is 50.4 Å². The Morgan fingerprint density at radius 1 is 1.45 bits per heavy atom. The summed E-state index contributed by atoms with van der Waals surface area (Å²) >= 11 is 0. The van der Waals surface area contributed by atoms with Gasteiger partial charge in [-0.25, -0.2) is 0 Å². The van der Waals surface area contributed by atoms with Crippen molar-refractivity contribution in [1.82, 2.24) is 4.90 Å². The highest BCUT2D eigenvalue weighted by atomic mass is 16.3. The van der Waals surface area contributed by atoms with Gasteiger partial charge in [0.15, 0.2) is 0 Å². The maximum Gasteiger partial charge on any atom is 0.254 e. The second kappa shape index (κ2) is 7.63. The Labute approximate surface area is 133 Å². The molecule has 1 heterocycles. The van der Waals surface area contributed by atoms with Crippen molar-refractivity contribution in [2.45, 2.75) is 52.2 Å². The number of piperidine rings is 1. The lowest BCUT2D eigenvalue weighted by atomic mass is 10.0. The molecule has 22 heavy (non-hydrogen) atoms. The molecular formula is C18H28N2O2. The Morgan fingerprint density at radius 3 is 2.91 bits per heavy atom. The van der Waals surface area contributed by atoms with E-state index < -0.39 is 0 Å². The molecule has 1 aliphatic heterocycles. The van der Waals surface area contributed by atoms with E-state index in [0.29, 0.717) is 24.1 Å². The van der Waals surface area contributed by atoms with Gasteiger partial charge in [-0.2, -0.15) is 0 Å². The van der Waals surface area contributed by atoms with Crippen molar-refractivity contribution in [1.29, 1.82) is 0 Å². The number of likely N-dealkylation sites (tertiary alicyclic amines) is 1. The summed E-state index contributed by atoms with van der Waals surface area (Å²) in [5.41, 5.74) is 1.67. The van der Waals surface area contributed by atoms with Crippen LogP contribution in [-0.2, 0) is 0 Å². The summed E-state index contributed by atoms with van der Waals surface area (Å²) in [5.74, 6) is 0.593. The molecule has 1 aromatic rings. The number of carbonyl (C=O) groups excluding carboxylic acids is 1. The predicted octanol–water partition coefficient (Wildman–Crippen LogP) is 3.13. The number of aliphatic hydroxyl groups is 1. The number of nitrogens with one attached hydrogen (secondary N) is 1. The van der Waals surface area contributed by atoms with Crippen LogP contribution in [0.3, 0.4) is 0 Å². The van der Waals surface area contributed by atoms with E-state index in [2.05, 4.69) is 26.1 Å². The maximum atomic E-state index is 12.6. The maximum absolute atomic E-state index is 12.6. The molecule has 2 rings (SSSR count). The largest absolute Gasteiger partial charge is 0.391 e. The molecule has 0 bridgehead atoms. The molecule has 1 saturated heterocycles. The molecule has 0 spiro atoms. The molecule has 0 aromatic heterocycles. The molecule has 0 aliphatic carbocycles. The summed E-state index contributed by atoms with van der Waals surface area (Å²) in [6.07, 6.45) is 2.40. The number of nitrogens with zero attached hydrogens (tertiary/aromatic N) is 1. The fourth-order valence-electron chi connectivity index (χ4n) is 2.82. The summed E-state index contributed by atoms with van der Waals surface area (Å²) in [5, 5.41) is 13.2. The van der Waals surface area contributed by atoms with E-state index in [1.807, 2.05) is 24.3 Å². The standard InChI is InChI=1S/C18H28N2O2/c1-4-13(2)14(3)19-16-8-5-7-15(11-16)18(22)20-10-6-9-17(21)12-20/h5,7-8,11,13-14,17,19,21H,4,6,9-10,12H2,1-3H3. The molecule has 1 fully saturated rings. The number of aliphatic hydroxyl groups excluding tert-OH is 1. The quantitative estimate of drug-likeness (QED) is 0.878. The summed E-state index contributed by atoms with van der Waals surface area (Å²) in [7, 11) is 0. The third-order valence-corrected chi connectivity index (χ3v) is 4.69. The van der Waals surface area contributed by atoms with Crippen molar-refractivity contribution in [3.05, 3.63) is 29.8 Å². The number of β-amino-alcohol motifs (C(OH)–C–C–N with tert-alkyl or cyclic N) is 1. The van der Waals surface area contributed by atoms with Crippen molar-refractivity contribution in [2.24, 2.45) is 5.92 Å². The Hall–Kier alpha value is -1.55. The van der Waals surface area contributed by atoms with Gasteiger partial charge in [0.1, 0.15) is 0 Å². The smallest absolute Gasteiger partial charge is 0.254 e. The highest BCUT2D eigenvalue weighted by Gasteiger charge is 2.23. The van der Waals surface area contributed by atoms with Crippen molar-refractivity contribution in [3.63, 3.8) is 0 Å². The zero-order chi connectivity index (χ0) is 16.1. The highest BCUT2D eigenvalue weighted by molar-refractivity contribution is 5.95. The van der Waals surface area contributed by atoms with E-state index in [9.17, 15) is 9.90 Å². The summed E-state index contributed by atoms with van der Waals surface area (Å²) in [6.45, 7) is 7.76. The molecule has 3 unspecified atom stereocenters. The van der Waals surface area contributed by atoms with Crippen LogP contribution < -0.4 is 5.32 Å². The lowest BCUT2D eigenvalue weighted by Crippen LogP contribution is -2.42. The van der Waals surface area contributed by atoms with Gasteiger partial charge in [-0.3, -0.25) is 4.79 Å². The van der Waals surface area contributed by atoms with Crippen molar-refractivity contribution in [2.75, 3.05) is 18.4 Å². The summed E-state index contributed by atoms with van der Waals surface area (Å²) < 4.78 is 0. The Kier molecular flexibility index (Phi) is 5.83. The number of carbonyl (C=O) groups is 1. The first-order chi connectivity index (χ1) is 10.5. The van der Waals surface area contributed by atoms with Gasteiger partial charge in [-0.15, -0.1) is 0 Å². The molecule has 4 nitrogen and oxygen atoms in total. The van der Waals surface area contributed by atoms with Crippen LogP contribution in [0.2, 0.25) is 0 Å². The van der Waals surface area contributed by atoms with E-state index in [4.69, 9.17) is 0 Å². The summed E-state index contributed by atoms with van der Waals surface area (Å²) in [4.78, 5) is 14.3. The first-order valence-electron chi connectivity index (χ1n) is 8.35. The molecule has 3 atom stereocenters. The van der Waals surface area contributed by atoms with Crippen LogP contribution in [0.4, 0.5) is 5.69 Å². The van der Waals surface area contributed by atoms with Gasteiger partial charge in [0, 0.05) is 30.4 Å². The Bertz CT molecular complexity index is 504. The van der Waals surface area contributed by atoms with Gasteiger partial charge in [0.25, 0.3) is 5.91 Å². The molecule has 2 N–H and O–H groups in total. The van der Waals surface area contributed by atoms with Gasteiger partial charge in [0.05, 0.1) is 6.10 Å². The molecule has 122 valence electrons. The molecule has 1 aliphatic rings. The van der Waals surface area contributed by atoms with Crippen LogP contribution in [0.25, 0.3) is 0 Å². The van der Waals surface area contributed by atoms with Crippen LogP contribution >= 0.6 is 0 Å². The minimum Gasteiger partial charge on any atom is -0.391 e. The van der Waals surface area contributed by atoms with Gasteiger partial charge in [0.2, 0.25) is 0 Å². The number of rotatable bonds is 5. The molecular weight excluding hydrogens is 276 g/mol. The Balaban J connectivity index is 2.05. The van der Waals surface area contributed by atoms with E-state index in [-0.39, 0.29) is 12.0 Å². The average molecular weight is 304 g/mol. The molecule has 1 amide bonds. The van der Waals surface area contributed by atoms with E-state index in [1.165, 1.54) is 0 Å². The number of anilines is 1. The van der Waals surface area contributed by atoms with Gasteiger partial charge in [-0.1, -0.05) is 26.3 Å². The van der Waals surface area contributed by atoms with Gasteiger partial charge >= 0.3 is 0 Å². The van der Waals surface area contributed by atoms with Crippen LogP contribution in [0, 0.1) is 5.92 Å². The van der Waals surface area contributed by atoms with Gasteiger partial charge in [-0.05, 0) is 43.9 Å². The fourth-order valence-corrected chi connectivity index (χ4v) is 2.82. The van der Waals surface area contributed by atoms with Crippen LogP contribution in [0.15, 0.2) is 24.3 Å². The predicted molar refractivity (Wildman–Crippen MR) is 90.1 cm³/mol. The van der Waals surface area contributed by atoms with E-state index in [1.54, 1.807) is 4.90 Å². The average Bonchev–Trinajstić information content (AvgIpc) is 2.53. The van der Waals surface area contributed by atoms with Crippen molar-refractivity contribution < 1.29 is 9.90 Å². The van der Waals surface area contributed by atoms with Crippen LogP contribution in [0.5, 0.6) is 0 Å². The topological polar surface area (TPSA) is 52.6 Å². The SMILES string of the molecule is CCC(C)C(C)Nc1cccc(C(=O)N2CCCC(O)C2)c1.